The molecule has 0 bridgehead atoms. The first-order valence-corrected chi connectivity index (χ1v) is 13.6. The maximum absolute atomic E-state index is 6.35. The highest BCUT2D eigenvalue weighted by Crippen LogP contribution is 2.33. The van der Waals surface area contributed by atoms with Gasteiger partial charge in [-0.3, -0.25) is 4.74 Å². The van der Waals surface area contributed by atoms with Crippen LogP contribution in [0.25, 0.3) is 0 Å². The topological polar surface area (TPSA) is 34.2 Å². The summed E-state index contributed by atoms with van der Waals surface area (Å²) in [5, 5.41) is 0. The van der Waals surface area contributed by atoms with E-state index < -0.39 is 12.8 Å². The van der Waals surface area contributed by atoms with Gasteiger partial charge in [-0.25, -0.2) is 9.80 Å². The summed E-state index contributed by atoms with van der Waals surface area (Å²) in [5.41, 5.74) is 0. The first kappa shape index (κ1) is 27.9. The van der Waals surface area contributed by atoms with Crippen LogP contribution in [0.15, 0.2) is 24.3 Å². The van der Waals surface area contributed by atoms with Gasteiger partial charge in [0.25, 0.3) is 12.8 Å². The molecule has 1 heterocycles. The van der Waals surface area contributed by atoms with Crippen LogP contribution in [0.1, 0.15) is 104 Å². The van der Waals surface area contributed by atoms with Crippen molar-refractivity contribution < 1.29 is 14.2 Å². The zero-order valence-electron chi connectivity index (χ0n) is 21.9. The van der Waals surface area contributed by atoms with Gasteiger partial charge in [0, 0.05) is 13.1 Å². The van der Waals surface area contributed by atoms with Crippen LogP contribution in [-0.2, 0) is 4.74 Å². The van der Waals surface area contributed by atoms with Crippen LogP contribution in [0.5, 0.6) is 11.5 Å². The van der Waals surface area contributed by atoms with Crippen LogP contribution in [0.3, 0.4) is 0 Å². The minimum atomic E-state index is -0.449. The van der Waals surface area contributed by atoms with Crippen molar-refractivity contribution in [1.82, 2.24) is 9.80 Å². The van der Waals surface area contributed by atoms with Crippen molar-refractivity contribution in [3.63, 3.8) is 0 Å². The van der Waals surface area contributed by atoms with Crippen molar-refractivity contribution in [3.8, 4) is 11.5 Å². The number of fused-ring (bicyclic) bond motifs is 1. The Morgan fingerprint density at radius 3 is 1.33 bits per heavy atom. The molecular weight excluding hydrogens is 412 g/mol. The molecule has 0 radical (unpaired) electrons. The van der Waals surface area contributed by atoms with Gasteiger partial charge in [-0.05, 0) is 39.1 Å². The molecule has 0 saturated carbocycles. The second-order valence-corrected chi connectivity index (χ2v) is 9.64. The normalized spacial score (nSPS) is 18.1. The summed E-state index contributed by atoms with van der Waals surface area (Å²) in [6.07, 6.45) is 17.3. The molecule has 1 aliphatic rings. The SMILES string of the molecule is CCCCCCCCCN(C)C1Oc2ccccc2OC(N(C)CCCCCCCCC)O1. The number of nitrogens with zero attached hydrogens (tertiary/aromatic N) is 2. The molecule has 0 N–H and O–H groups in total. The number of ether oxygens (including phenoxy) is 3. The smallest absolute Gasteiger partial charge is 0.266 e. The fraction of sp³-hybridized carbons (Fsp3) is 0.786. The molecule has 0 aliphatic carbocycles. The Hall–Kier alpha value is -1.30. The van der Waals surface area contributed by atoms with E-state index in [1.54, 1.807) is 0 Å². The number of hydrogen-bond acceptors (Lipinski definition) is 5. The summed E-state index contributed by atoms with van der Waals surface area (Å²) >= 11 is 0. The van der Waals surface area contributed by atoms with Crippen molar-refractivity contribution in [3.05, 3.63) is 24.3 Å². The standard InChI is InChI=1S/C28H50N2O3/c1-5-7-9-11-13-15-19-23-29(3)27-31-25-21-17-18-22-26(25)32-28(33-27)30(4)24-20-16-14-12-10-8-6-2/h17-18,21-22,27-28H,5-16,19-20,23-24H2,1-4H3. The highest BCUT2D eigenvalue weighted by atomic mass is 16.8. The molecular formula is C28H50N2O3. The Labute approximate surface area is 203 Å². The Morgan fingerprint density at radius 1 is 0.576 bits per heavy atom. The van der Waals surface area contributed by atoms with E-state index in [0.29, 0.717) is 0 Å². The Bertz CT molecular complexity index is 562. The Morgan fingerprint density at radius 2 is 0.939 bits per heavy atom. The van der Waals surface area contributed by atoms with Crippen molar-refractivity contribution in [2.75, 3.05) is 27.2 Å². The van der Waals surface area contributed by atoms with Crippen molar-refractivity contribution in [1.29, 1.82) is 0 Å². The lowest BCUT2D eigenvalue weighted by Gasteiger charge is -2.31. The van der Waals surface area contributed by atoms with Crippen LogP contribution < -0.4 is 9.47 Å². The third kappa shape index (κ3) is 11.1. The maximum atomic E-state index is 6.35. The van der Waals surface area contributed by atoms with Crippen molar-refractivity contribution >= 4 is 0 Å². The number of benzene rings is 1. The molecule has 0 aromatic heterocycles. The molecule has 5 nitrogen and oxygen atoms in total. The largest absolute Gasteiger partial charge is 0.447 e. The number of rotatable bonds is 18. The monoisotopic (exact) mass is 462 g/mol. The highest BCUT2D eigenvalue weighted by molar-refractivity contribution is 5.39. The van der Waals surface area contributed by atoms with Gasteiger partial charge < -0.3 is 9.47 Å². The second-order valence-electron chi connectivity index (χ2n) is 9.64. The van der Waals surface area contributed by atoms with Crippen LogP contribution in [-0.4, -0.2) is 49.8 Å². The van der Waals surface area contributed by atoms with E-state index in [2.05, 4.69) is 37.7 Å². The molecule has 2 rings (SSSR count). The fourth-order valence-electron chi connectivity index (χ4n) is 4.25. The summed E-state index contributed by atoms with van der Waals surface area (Å²) in [6, 6.07) is 7.90. The van der Waals surface area contributed by atoms with E-state index >= 15 is 0 Å². The lowest BCUT2D eigenvalue weighted by Crippen LogP contribution is -2.47. The fourth-order valence-corrected chi connectivity index (χ4v) is 4.25. The molecule has 1 aromatic rings. The molecule has 190 valence electrons. The first-order valence-electron chi connectivity index (χ1n) is 13.6. The van der Waals surface area contributed by atoms with Gasteiger partial charge in [0.15, 0.2) is 11.5 Å². The molecule has 0 saturated heterocycles. The van der Waals surface area contributed by atoms with Crippen LogP contribution in [0.2, 0.25) is 0 Å². The van der Waals surface area contributed by atoms with Crippen molar-refractivity contribution in [2.24, 2.45) is 0 Å². The number of unbranched alkanes of at least 4 members (excludes halogenated alkanes) is 12. The minimum Gasteiger partial charge on any atom is -0.447 e. The summed E-state index contributed by atoms with van der Waals surface area (Å²) in [7, 11) is 4.17. The first-order chi connectivity index (χ1) is 16.2. The van der Waals surface area contributed by atoms with E-state index in [-0.39, 0.29) is 0 Å². The molecule has 1 aliphatic heterocycles. The van der Waals surface area contributed by atoms with E-state index in [0.717, 1.165) is 37.4 Å². The van der Waals surface area contributed by atoms with Gasteiger partial charge in [0.05, 0.1) is 0 Å². The van der Waals surface area contributed by atoms with Gasteiger partial charge in [-0.1, -0.05) is 103 Å². The molecule has 5 heteroatoms. The predicted molar refractivity (Wildman–Crippen MR) is 138 cm³/mol. The molecule has 0 amide bonds. The molecule has 1 aromatic carbocycles. The summed E-state index contributed by atoms with van der Waals surface area (Å²) in [5.74, 6) is 1.50. The van der Waals surface area contributed by atoms with Gasteiger partial charge in [0.2, 0.25) is 0 Å². The van der Waals surface area contributed by atoms with E-state index in [1.807, 2.05) is 24.3 Å². The van der Waals surface area contributed by atoms with Gasteiger partial charge in [0.1, 0.15) is 0 Å². The van der Waals surface area contributed by atoms with Crippen LogP contribution in [0, 0.1) is 0 Å². The molecule has 2 atom stereocenters. The van der Waals surface area contributed by atoms with Crippen LogP contribution in [0.4, 0.5) is 0 Å². The molecule has 33 heavy (non-hydrogen) atoms. The highest BCUT2D eigenvalue weighted by Gasteiger charge is 2.31. The van der Waals surface area contributed by atoms with E-state index in [9.17, 15) is 0 Å². The zero-order valence-corrected chi connectivity index (χ0v) is 21.9. The van der Waals surface area contributed by atoms with E-state index in [1.165, 1.54) is 77.0 Å². The number of para-hydroxylation sites is 2. The quantitative estimate of drug-likeness (QED) is 0.212. The van der Waals surface area contributed by atoms with Crippen LogP contribution >= 0.6 is 0 Å². The summed E-state index contributed by atoms with van der Waals surface area (Å²) in [4.78, 5) is 4.35. The Kier molecular flexibility index (Phi) is 14.5. The average molecular weight is 463 g/mol. The third-order valence-corrected chi connectivity index (χ3v) is 6.49. The Balaban J connectivity index is 1.82. The lowest BCUT2D eigenvalue weighted by molar-refractivity contribution is -0.268. The third-order valence-electron chi connectivity index (χ3n) is 6.49. The minimum absolute atomic E-state index is 0.449. The molecule has 2 unspecified atom stereocenters. The summed E-state index contributed by atoms with van der Waals surface area (Å²) < 4.78 is 18.8. The van der Waals surface area contributed by atoms with Gasteiger partial charge in [-0.15, -0.1) is 0 Å². The van der Waals surface area contributed by atoms with Gasteiger partial charge in [-0.2, -0.15) is 0 Å². The number of hydrogen-bond donors (Lipinski definition) is 0. The van der Waals surface area contributed by atoms with Gasteiger partial charge >= 0.3 is 0 Å². The maximum Gasteiger partial charge on any atom is 0.266 e. The summed E-state index contributed by atoms with van der Waals surface area (Å²) in [6.45, 7) is 6.44. The molecule has 0 fully saturated rings. The van der Waals surface area contributed by atoms with E-state index in [4.69, 9.17) is 14.2 Å². The van der Waals surface area contributed by atoms with Crippen molar-refractivity contribution in [2.45, 2.75) is 117 Å². The lowest BCUT2D eigenvalue weighted by atomic mass is 10.1. The second kappa shape index (κ2) is 17.2. The molecule has 0 spiro atoms. The predicted octanol–water partition coefficient (Wildman–Crippen LogP) is 7.41. The zero-order chi connectivity index (χ0) is 23.7. The average Bonchev–Trinajstić information content (AvgIpc) is 3.02.